The summed E-state index contributed by atoms with van der Waals surface area (Å²) < 4.78 is 6.54. The summed E-state index contributed by atoms with van der Waals surface area (Å²) in [7, 11) is 0. The molecule has 0 saturated carbocycles. The highest BCUT2D eigenvalue weighted by Gasteiger charge is 2.16. The molecule has 204 valence electrons. The van der Waals surface area contributed by atoms with Crippen LogP contribution in [0.1, 0.15) is 69.2 Å². The van der Waals surface area contributed by atoms with Crippen LogP contribution in [0.25, 0.3) is 0 Å². The van der Waals surface area contributed by atoms with Gasteiger partial charge in [-0.1, -0.05) is 59.8 Å². The van der Waals surface area contributed by atoms with Gasteiger partial charge < -0.3 is 10.1 Å². The minimum Gasteiger partial charge on any atom is -0.493 e. The van der Waals surface area contributed by atoms with E-state index in [1.807, 2.05) is 19.1 Å². The molecule has 3 aromatic carbocycles. The van der Waals surface area contributed by atoms with E-state index >= 15 is 0 Å². The van der Waals surface area contributed by atoms with Gasteiger partial charge in [-0.2, -0.15) is 0 Å². The van der Waals surface area contributed by atoms with Crippen LogP contribution in [0.5, 0.6) is 5.75 Å². The van der Waals surface area contributed by atoms with Crippen molar-refractivity contribution in [3.05, 3.63) is 93.5 Å². The number of rotatable bonds is 10. The largest absolute Gasteiger partial charge is 0.493 e. The smallest absolute Gasteiger partial charge is 0.269 e. The fourth-order valence-electron chi connectivity index (χ4n) is 3.60. The maximum atomic E-state index is 12.8. The van der Waals surface area contributed by atoms with Crippen LogP contribution in [-0.2, 0) is 0 Å². The molecule has 4 N–H and O–H groups in total. The molecule has 0 aromatic heterocycles. The summed E-state index contributed by atoms with van der Waals surface area (Å²) in [4.78, 5) is 37.8. The maximum absolute atomic E-state index is 12.8. The number of carbonyl (C=O) groups excluding carboxylic acids is 3. The Morgan fingerprint density at radius 3 is 2.33 bits per heavy atom. The number of amides is 3. The summed E-state index contributed by atoms with van der Waals surface area (Å²) >= 11 is 8.55. The summed E-state index contributed by atoms with van der Waals surface area (Å²) in [6.07, 6.45) is 4.23. The van der Waals surface area contributed by atoms with Crippen molar-refractivity contribution >= 4 is 56.7 Å². The first-order valence-electron chi connectivity index (χ1n) is 12.6. The van der Waals surface area contributed by atoms with E-state index in [-0.39, 0.29) is 11.0 Å². The molecule has 3 amide bonds. The second kappa shape index (κ2) is 15.0. The molecule has 0 bridgehead atoms. The van der Waals surface area contributed by atoms with E-state index in [0.29, 0.717) is 34.7 Å². The fraction of sp³-hybridized carbons (Fsp3) is 0.241. The first kappa shape index (κ1) is 29.8. The van der Waals surface area contributed by atoms with Crippen molar-refractivity contribution in [2.75, 3.05) is 11.9 Å². The molecule has 3 rings (SSSR count). The molecule has 0 radical (unpaired) electrons. The van der Waals surface area contributed by atoms with Crippen molar-refractivity contribution in [2.45, 2.75) is 39.5 Å². The number of hydrogen-bond donors (Lipinski definition) is 4. The standard InChI is InChI=1S/C29H31BrN4O4S/c1-3-4-5-6-16-38-25-15-12-22(30)18-24(25)28(37)32-29(39)34-33-27(36)20-10-13-23(14-11-20)31-26(35)21-9-7-8-19(2)17-21/h7-15,17-18H,3-6,16H2,1-2H3,(H,31,35)(H,33,36)(H2,32,34,37,39). The van der Waals surface area contributed by atoms with Gasteiger partial charge in [0.25, 0.3) is 17.7 Å². The van der Waals surface area contributed by atoms with Gasteiger partial charge in [-0.3, -0.25) is 30.6 Å². The summed E-state index contributed by atoms with van der Waals surface area (Å²) in [5, 5.41) is 5.27. The molecule has 0 aliphatic rings. The molecule has 8 nitrogen and oxygen atoms in total. The molecule has 0 spiro atoms. The number of benzene rings is 3. The van der Waals surface area contributed by atoms with E-state index in [1.54, 1.807) is 54.6 Å². The van der Waals surface area contributed by atoms with Crippen LogP contribution in [0.15, 0.2) is 71.2 Å². The van der Waals surface area contributed by atoms with E-state index in [9.17, 15) is 14.4 Å². The summed E-state index contributed by atoms with van der Waals surface area (Å²) in [6, 6.07) is 18.8. The average molecular weight is 612 g/mol. The normalized spacial score (nSPS) is 10.3. The van der Waals surface area contributed by atoms with E-state index in [1.165, 1.54) is 0 Å². The van der Waals surface area contributed by atoms with Gasteiger partial charge in [-0.25, -0.2) is 0 Å². The highest BCUT2D eigenvalue weighted by molar-refractivity contribution is 9.10. The summed E-state index contributed by atoms with van der Waals surface area (Å²) in [5.74, 6) is -0.732. The predicted molar refractivity (Wildman–Crippen MR) is 160 cm³/mol. The van der Waals surface area contributed by atoms with Crippen LogP contribution in [0.4, 0.5) is 5.69 Å². The molecule has 0 saturated heterocycles. The van der Waals surface area contributed by atoms with Gasteiger partial charge in [0.15, 0.2) is 5.11 Å². The lowest BCUT2D eigenvalue weighted by molar-refractivity contribution is 0.0933. The van der Waals surface area contributed by atoms with Gasteiger partial charge in [0.1, 0.15) is 5.75 Å². The van der Waals surface area contributed by atoms with Crippen molar-refractivity contribution in [2.24, 2.45) is 0 Å². The van der Waals surface area contributed by atoms with Crippen molar-refractivity contribution in [1.82, 2.24) is 16.2 Å². The highest BCUT2D eigenvalue weighted by atomic mass is 79.9. The third-order valence-electron chi connectivity index (χ3n) is 5.64. The number of halogens is 1. The number of nitrogens with one attached hydrogen (secondary N) is 4. The molecule has 3 aromatic rings. The van der Waals surface area contributed by atoms with Crippen LogP contribution in [0, 0.1) is 6.92 Å². The Morgan fingerprint density at radius 1 is 0.846 bits per heavy atom. The third kappa shape index (κ3) is 9.49. The lowest BCUT2D eigenvalue weighted by atomic mass is 10.1. The van der Waals surface area contributed by atoms with Gasteiger partial charge in [-0.15, -0.1) is 0 Å². The zero-order valence-electron chi connectivity index (χ0n) is 21.8. The highest BCUT2D eigenvalue weighted by Crippen LogP contribution is 2.23. The van der Waals surface area contributed by atoms with Crippen LogP contribution in [-0.4, -0.2) is 29.4 Å². The Morgan fingerprint density at radius 2 is 1.62 bits per heavy atom. The Bertz CT molecular complexity index is 1330. The molecule has 0 aliphatic heterocycles. The molecule has 0 fully saturated rings. The fourth-order valence-corrected chi connectivity index (χ4v) is 4.10. The Hall–Kier alpha value is -3.76. The predicted octanol–water partition coefficient (Wildman–Crippen LogP) is 5.92. The van der Waals surface area contributed by atoms with Crippen LogP contribution >= 0.6 is 28.1 Å². The van der Waals surface area contributed by atoms with Gasteiger partial charge in [-0.05, 0) is 80.2 Å². The zero-order chi connectivity index (χ0) is 28.2. The summed E-state index contributed by atoms with van der Waals surface area (Å²) in [6.45, 7) is 4.57. The van der Waals surface area contributed by atoms with Crippen molar-refractivity contribution in [3.8, 4) is 5.75 Å². The molecule has 0 atom stereocenters. The number of hydrazine groups is 1. The quantitative estimate of drug-likeness (QED) is 0.129. The van der Waals surface area contributed by atoms with Gasteiger partial charge in [0.2, 0.25) is 0 Å². The average Bonchev–Trinajstić information content (AvgIpc) is 2.92. The Balaban J connectivity index is 1.50. The monoisotopic (exact) mass is 610 g/mol. The maximum Gasteiger partial charge on any atom is 0.269 e. The first-order valence-corrected chi connectivity index (χ1v) is 13.8. The molecular weight excluding hydrogens is 580 g/mol. The number of unbranched alkanes of at least 4 members (excludes halogenated alkanes) is 3. The SMILES string of the molecule is CCCCCCOc1ccc(Br)cc1C(=O)NC(=S)NNC(=O)c1ccc(NC(=O)c2cccc(C)c2)cc1. The van der Waals surface area contributed by atoms with Gasteiger partial charge in [0.05, 0.1) is 12.2 Å². The van der Waals surface area contributed by atoms with E-state index in [0.717, 1.165) is 35.7 Å². The van der Waals surface area contributed by atoms with E-state index in [2.05, 4.69) is 44.3 Å². The van der Waals surface area contributed by atoms with E-state index in [4.69, 9.17) is 17.0 Å². The van der Waals surface area contributed by atoms with E-state index < -0.39 is 11.8 Å². The number of carbonyl (C=O) groups is 3. The molecular formula is C29H31BrN4O4S. The second-order valence-corrected chi connectivity index (χ2v) is 10.1. The number of ether oxygens (including phenoxy) is 1. The van der Waals surface area contributed by atoms with Crippen LogP contribution < -0.4 is 26.2 Å². The molecule has 0 aliphatic carbocycles. The lowest BCUT2D eigenvalue weighted by Gasteiger charge is -2.14. The number of hydrogen-bond acceptors (Lipinski definition) is 5. The molecule has 0 heterocycles. The Kier molecular flexibility index (Phi) is 11.4. The third-order valence-corrected chi connectivity index (χ3v) is 6.34. The first-order chi connectivity index (χ1) is 18.8. The minimum absolute atomic E-state index is 0.0794. The molecule has 10 heteroatoms. The van der Waals surface area contributed by atoms with Crippen LogP contribution in [0.2, 0.25) is 0 Å². The number of anilines is 1. The lowest BCUT2D eigenvalue weighted by Crippen LogP contribution is -2.48. The topological polar surface area (TPSA) is 109 Å². The number of thiocarbonyl (C=S) groups is 1. The number of aryl methyl sites for hydroxylation is 1. The minimum atomic E-state index is -0.472. The second-order valence-electron chi connectivity index (χ2n) is 8.81. The van der Waals surface area contributed by atoms with Crippen molar-refractivity contribution in [3.63, 3.8) is 0 Å². The van der Waals surface area contributed by atoms with Gasteiger partial charge >= 0.3 is 0 Å². The van der Waals surface area contributed by atoms with Crippen LogP contribution in [0.3, 0.4) is 0 Å². The summed E-state index contributed by atoms with van der Waals surface area (Å²) in [5.41, 5.74) is 7.72. The van der Waals surface area contributed by atoms with Crippen molar-refractivity contribution < 1.29 is 19.1 Å². The van der Waals surface area contributed by atoms with Crippen molar-refractivity contribution in [1.29, 1.82) is 0 Å². The molecule has 39 heavy (non-hydrogen) atoms. The molecule has 0 unspecified atom stereocenters. The van der Waals surface area contributed by atoms with Gasteiger partial charge in [0, 0.05) is 21.3 Å². The Labute approximate surface area is 242 Å². The zero-order valence-corrected chi connectivity index (χ0v) is 24.2.